The van der Waals surface area contributed by atoms with Crippen LogP contribution in [-0.4, -0.2) is 18.3 Å². The first-order valence-corrected chi connectivity index (χ1v) is 5.75. The van der Waals surface area contributed by atoms with E-state index in [1.54, 1.807) is 6.92 Å². The van der Waals surface area contributed by atoms with Gasteiger partial charge in [0.1, 0.15) is 0 Å². The summed E-state index contributed by atoms with van der Waals surface area (Å²) < 4.78 is 11.9. The first-order chi connectivity index (χ1) is 7.18. The lowest BCUT2D eigenvalue weighted by Gasteiger charge is -2.13. The van der Waals surface area contributed by atoms with Crippen LogP contribution in [0.25, 0.3) is 0 Å². The molecular weight excluding hydrogens is 260 g/mol. The number of ether oxygens (including phenoxy) is 2. The lowest BCUT2D eigenvalue weighted by atomic mass is 10.1. The number of benzene rings is 1. The molecule has 0 radical (unpaired) electrons. The largest absolute Gasteiger partial charge is 0.490 e. The van der Waals surface area contributed by atoms with Gasteiger partial charge in [-0.1, -0.05) is 15.9 Å². The molecule has 0 saturated carbocycles. The molecule has 0 saturated heterocycles. The summed E-state index contributed by atoms with van der Waals surface area (Å²) >= 11 is 3.41. The van der Waals surface area contributed by atoms with Crippen molar-refractivity contribution in [3.8, 4) is 11.5 Å². The molecule has 1 N–H and O–H groups in total. The molecule has 0 amide bonds. The molecule has 0 fully saturated rings. The summed E-state index contributed by atoms with van der Waals surface area (Å²) in [6.07, 6.45) is 0.368. The van der Waals surface area contributed by atoms with Gasteiger partial charge in [-0.05, 0) is 24.6 Å². The predicted molar refractivity (Wildman–Crippen MR) is 60.4 cm³/mol. The number of fused-ring (bicyclic) bond motifs is 1. The van der Waals surface area contributed by atoms with Crippen molar-refractivity contribution >= 4 is 15.9 Å². The molecule has 1 aliphatic heterocycles. The molecule has 82 valence electrons. The third kappa shape index (κ3) is 2.26. The van der Waals surface area contributed by atoms with Gasteiger partial charge in [-0.2, -0.15) is 0 Å². The van der Waals surface area contributed by atoms with Gasteiger partial charge < -0.3 is 14.6 Å². The van der Waals surface area contributed by atoms with Crippen LogP contribution < -0.4 is 9.47 Å². The second-order valence-electron chi connectivity index (χ2n) is 3.55. The third-order valence-electron chi connectivity index (χ3n) is 2.32. The van der Waals surface area contributed by atoms with Crippen molar-refractivity contribution in [3.63, 3.8) is 0 Å². The zero-order valence-electron chi connectivity index (χ0n) is 8.50. The SMILES string of the molecule is CC(O)c1cc2c(cc1Br)OCCCO2. The van der Waals surface area contributed by atoms with E-state index < -0.39 is 6.10 Å². The van der Waals surface area contributed by atoms with Crippen LogP contribution >= 0.6 is 15.9 Å². The second-order valence-corrected chi connectivity index (χ2v) is 4.40. The van der Waals surface area contributed by atoms with Crippen LogP contribution in [0.1, 0.15) is 25.0 Å². The van der Waals surface area contributed by atoms with Crippen LogP contribution in [0.5, 0.6) is 11.5 Å². The molecule has 1 unspecified atom stereocenters. The molecule has 0 aliphatic carbocycles. The number of halogens is 1. The summed E-state index contributed by atoms with van der Waals surface area (Å²) in [6.45, 7) is 3.06. The molecular formula is C11H13BrO3. The summed E-state index contributed by atoms with van der Waals surface area (Å²) in [5.74, 6) is 1.45. The van der Waals surface area contributed by atoms with Gasteiger partial charge in [0.2, 0.25) is 0 Å². The van der Waals surface area contributed by atoms with Gasteiger partial charge in [0, 0.05) is 10.9 Å². The van der Waals surface area contributed by atoms with Crippen LogP contribution in [-0.2, 0) is 0 Å². The fourth-order valence-corrected chi connectivity index (χ4v) is 2.17. The van der Waals surface area contributed by atoms with Crippen molar-refractivity contribution in [3.05, 3.63) is 22.2 Å². The summed E-state index contributed by atoms with van der Waals surface area (Å²) in [6, 6.07) is 3.68. The number of aliphatic hydroxyl groups excluding tert-OH is 1. The Morgan fingerprint density at radius 1 is 1.27 bits per heavy atom. The maximum absolute atomic E-state index is 9.55. The molecule has 4 heteroatoms. The van der Waals surface area contributed by atoms with E-state index in [1.807, 2.05) is 12.1 Å². The molecule has 1 aliphatic rings. The summed E-state index contributed by atoms with van der Waals surface area (Å²) in [5, 5.41) is 9.55. The van der Waals surface area contributed by atoms with E-state index in [0.29, 0.717) is 19.0 Å². The van der Waals surface area contributed by atoms with E-state index in [1.165, 1.54) is 0 Å². The molecule has 1 aromatic rings. The first kappa shape index (κ1) is 10.8. The standard InChI is InChI=1S/C11H13BrO3/c1-7(13)8-5-10-11(6-9(8)12)15-4-2-3-14-10/h5-7,13H,2-4H2,1H3. The van der Waals surface area contributed by atoms with Crippen LogP contribution in [0.4, 0.5) is 0 Å². The molecule has 15 heavy (non-hydrogen) atoms. The minimum Gasteiger partial charge on any atom is -0.490 e. The van der Waals surface area contributed by atoms with E-state index >= 15 is 0 Å². The van der Waals surface area contributed by atoms with Crippen molar-refractivity contribution in [2.24, 2.45) is 0 Å². The smallest absolute Gasteiger partial charge is 0.162 e. The van der Waals surface area contributed by atoms with Crippen molar-refractivity contribution in [1.82, 2.24) is 0 Å². The maximum atomic E-state index is 9.55. The van der Waals surface area contributed by atoms with Crippen molar-refractivity contribution in [1.29, 1.82) is 0 Å². The Balaban J connectivity index is 2.42. The monoisotopic (exact) mass is 272 g/mol. The van der Waals surface area contributed by atoms with Crippen LogP contribution in [0.3, 0.4) is 0 Å². The van der Waals surface area contributed by atoms with Gasteiger partial charge in [-0.25, -0.2) is 0 Å². The Bertz CT molecular complexity index is 363. The minimum absolute atomic E-state index is 0.517. The molecule has 1 atom stereocenters. The fourth-order valence-electron chi connectivity index (χ4n) is 1.52. The van der Waals surface area contributed by atoms with Crippen LogP contribution in [0.2, 0.25) is 0 Å². The summed E-state index contributed by atoms with van der Waals surface area (Å²) in [4.78, 5) is 0. The number of aliphatic hydroxyl groups is 1. The summed E-state index contributed by atoms with van der Waals surface area (Å²) in [7, 11) is 0. The molecule has 1 aromatic carbocycles. The highest BCUT2D eigenvalue weighted by Gasteiger charge is 2.15. The minimum atomic E-state index is -0.517. The zero-order valence-corrected chi connectivity index (χ0v) is 10.1. The van der Waals surface area contributed by atoms with E-state index in [9.17, 15) is 5.11 Å². The highest BCUT2D eigenvalue weighted by atomic mass is 79.9. The first-order valence-electron chi connectivity index (χ1n) is 4.95. The molecule has 3 nitrogen and oxygen atoms in total. The van der Waals surface area contributed by atoms with Crippen LogP contribution in [0, 0.1) is 0 Å². The lowest BCUT2D eigenvalue weighted by molar-refractivity contribution is 0.197. The van der Waals surface area contributed by atoms with Gasteiger partial charge in [0.15, 0.2) is 11.5 Å². The quantitative estimate of drug-likeness (QED) is 0.855. The molecule has 2 rings (SSSR count). The van der Waals surface area contributed by atoms with Crippen LogP contribution in [0.15, 0.2) is 16.6 Å². The van der Waals surface area contributed by atoms with Crippen molar-refractivity contribution in [2.45, 2.75) is 19.4 Å². The lowest BCUT2D eigenvalue weighted by Crippen LogP contribution is -1.97. The highest BCUT2D eigenvalue weighted by Crippen LogP contribution is 2.37. The zero-order chi connectivity index (χ0) is 10.8. The van der Waals surface area contributed by atoms with Gasteiger partial charge >= 0.3 is 0 Å². The van der Waals surface area contributed by atoms with E-state index in [4.69, 9.17) is 9.47 Å². The van der Waals surface area contributed by atoms with E-state index in [0.717, 1.165) is 22.2 Å². The van der Waals surface area contributed by atoms with E-state index in [2.05, 4.69) is 15.9 Å². The molecule has 0 spiro atoms. The van der Waals surface area contributed by atoms with Gasteiger partial charge in [-0.15, -0.1) is 0 Å². The van der Waals surface area contributed by atoms with Gasteiger partial charge in [0.25, 0.3) is 0 Å². The Kier molecular flexibility index (Phi) is 3.17. The predicted octanol–water partition coefficient (Wildman–Crippen LogP) is 2.66. The molecule has 1 heterocycles. The average Bonchev–Trinajstić information content (AvgIpc) is 2.40. The average molecular weight is 273 g/mol. The molecule has 0 bridgehead atoms. The number of hydrogen-bond donors (Lipinski definition) is 1. The maximum Gasteiger partial charge on any atom is 0.162 e. The number of hydrogen-bond acceptors (Lipinski definition) is 3. The van der Waals surface area contributed by atoms with Gasteiger partial charge in [0.05, 0.1) is 19.3 Å². The third-order valence-corrected chi connectivity index (χ3v) is 3.00. The van der Waals surface area contributed by atoms with Gasteiger partial charge in [-0.3, -0.25) is 0 Å². The molecule has 0 aromatic heterocycles. The Morgan fingerprint density at radius 2 is 1.87 bits per heavy atom. The topological polar surface area (TPSA) is 38.7 Å². The Labute approximate surface area is 97.1 Å². The Morgan fingerprint density at radius 3 is 2.47 bits per heavy atom. The van der Waals surface area contributed by atoms with Crippen molar-refractivity contribution in [2.75, 3.05) is 13.2 Å². The Hall–Kier alpha value is -0.740. The highest BCUT2D eigenvalue weighted by molar-refractivity contribution is 9.10. The van der Waals surface area contributed by atoms with Crippen molar-refractivity contribution < 1.29 is 14.6 Å². The fraction of sp³-hybridized carbons (Fsp3) is 0.455. The number of rotatable bonds is 1. The summed E-state index contributed by atoms with van der Waals surface area (Å²) in [5.41, 5.74) is 0.819. The van der Waals surface area contributed by atoms with E-state index in [-0.39, 0.29) is 0 Å². The second kappa shape index (κ2) is 4.41. The normalized spacial score (nSPS) is 17.0.